The predicted octanol–water partition coefficient (Wildman–Crippen LogP) is 3.88. The van der Waals surface area contributed by atoms with Crippen molar-refractivity contribution in [2.45, 2.75) is 11.3 Å². The van der Waals surface area contributed by atoms with E-state index in [-0.39, 0.29) is 13.0 Å². The summed E-state index contributed by atoms with van der Waals surface area (Å²) >= 11 is 7.48. The largest absolute Gasteiger partial charge is 0.456 e. The molecule has 0 aliphatic heterocycles. The molecule has 2 aromatic carbocycles. The van der Waals surface area contributed by atoms with Crippen molar-refractivity contribution in [1.29, 1.82) is 5.26 Å². The molecule has 0 bridgehead atoms. The molecule has 0 aromatic heterocycles. The number of esters is 1. The average molecular weight is 375 g/mol. The number of nitrogens with one attached hydrogen (secondary N) is 1. The highest BCUT2D eigenvalue weighted by Gasteiger charge is 2.09. The second-order valence-electron chi connectivity index (χ2n) is 4.93. The minimum atomic E-state index is -0.458. The Morgan fingerprint density at radius 2 is 2.00 bits per heavy atom. The minimum absolute atomic E-state index is 0.174. The molecule has 5 nitrogen and oxygen atoms in total. The minimum Gasteiger partial charge on any atom is -0.456 e. The first-order valence-corrected chi connectivity index (χ1v) is 8.78. The van der Waals surface area contributed by atoms with E-state index in [4.69, 9.17) is 21.6 Å². The Hall–Kier alpha value is -2.49. The molecule has 0 atom stereocenters. The van der Waals surface area contributed by atoms with Crippen molar-refractivity contribution >= 4 is 40.9 Å². The Kier molecular flexibility index (Phi) is 7.33. The number of nitriles is 1. The molecule has 0 saturated heterocycles. The third-order valence-electron chi connectivity index (χ3n) is 3.04. The van der Waals surface area contributed by atoms with Crippen LogP contribution in [-0.4, -0.2) is 24.2 Å². The highest BCUT2D eigenvalue weighted by molar-refractivity contribution is 7.99. The fourth-order valence-electron chi connectivity index (χ4n) is 1.89. The van der Waals surface area contributed by atoms with Gasteiger partial charge in [0.2, 0.25) is 0 Å². The van der Waals surface area contributed by atoms with Crippen LogP contribution < -0.4 is 5.32 Å². The molecule has 2 aromatic rings. The van der Waals surface area contributed by atoms with Crippen molar-refractivity contribution in [2.75, 3.05) is 17.7 Å². The van der Waals surface area contributed by atoms with E-state index in [0.29, 0.717) is 22.0 Å². The van der Waals surface area contributed by atoms with Crippen LogP contribution in [0.3, 0.4) is 0 Å². The molecule has 0 spiro atoms. The monoisotopic (exact) mass is 374 g/mol. The molecule has 2 rings (SSSR count). The van der Waals surface area contributed by atoms with Gasteiger partial charge in [-0.3, -0.25) is 9.59 Å². The van der Waals surface area contributed by atoms with Gasteiger partial charge in [-0.05, 0) is 30.3 Å². The molecule has 7 heteroatoms. The molecule has 0 aliphatic rings. The molecule has 0 unspecified atom stereocenters. The van der Waals surface area contributed by atoms with E-state index in [9.17, 15) is 9.59 Å². The average Bonchev–Trinajstić information content (AvgIpc) is 2.62. The summed E-state index contributed by atoms with van der Waals surface area (Å²) in [6.07, 6.45) is 0.174. The molecule has 128 valence electrons. The highest BCUT2D eigenvalue weighted by atomic mass is 35.5. The lowest BCUT2D eigenvalue weighted by atomic mass is 10.2. The summed E-state index contributed by atoms with van der Waals surface area (Å²) in [5.74, 6) is -0.406. The van der Waals surface area contributed by atoms with Crippen molar-refractivity contribution in [1.82, 2.24) is 0 Å². The van der Waals surface area contributed by atoms with E-state index in [1.165, 1.54) is 11.8 Å². The highest BCUT2D eigenvalue weighted by Crippen LogP contribution is 2.26. The predicted molar refractivity (Wildman–Crippen MR) is 97.5 cm³/mol. The molecule has 0 saturated carbocycles. The third-order valence-corrected chi connectivity index (χ3v) is 4.56. The Balaban J connectivity index is 1.70. The molecule has 1 N–H and O–H groups in total. The zero-order valence-electron chi connectivity index (χ0n) is 13.2. The number of hydrogen-bond donors (Lipinski definition) is 1. The smallest absolute Gasteiger partial charge is 0.307 e. The normalized spacial score (nSPS) is 9.92. The Morgan fingerprint density at radius 1 is 1.20 bits per heavy atom. The summed E-state index contributed by atoms with van der Waals surface area (Å²) in [6, 6.07) is 15.8. The first-order chi connectivity index (χ1) is 12.1. The van der Waals surface area contributed by atoms with Crippen molar-refractivity contribution in [2.24, 2.45) is 0 Å². The molecule has 0 heterocycles. The Labute approximate surface area is 154 Å². The van der Waals surface area contributed by atoms with Crippen LogP contribution in [0.25, 0.3) is 0 Å². The fraction of sp³-hybridized carbons (Fsp3) is 0.167. The van der Waals surface area contributed by atoms with Crippen LogP contribution >= 0.6 is 23.4 Å². The van der Waals surface area contributed by atoms with Gasteiger partial charge in [0.25, 0.3) is 5.91 Å². The van der Waals surface area contributed by atoms with Crippen molar-refractivity contribution in [3.63, 3.8) is 0 Å². The van der Waals surface area contributed by atoms with Crippen LogP contribution in [0.15, 0.2) is 53.4 Å². The Bertz CT molecular complexity index is 805. The van der Waals surface area contributed by atoms with Crippen molar-refractivity contribution in [3.8, 4) is 6.07 Å². The summed E-state index contributed by atoms with van der Waals surface area (Å²) < 4.78 is 4.94. The van der Waals surface area contributed by atoms with Crippen LogP contribution in [0.2, 0.25) is 5.02 Å². The number of halogens is 1. The quantitative estimate of drug-likeness (QED) is 0.587. The van der Waals surface area contributed by atoms with Crippen molar-refractivity contribution in [3.05, 3.63) is 59.1 Å². The van der Waals surface area contributed by atoms with Gasteiger partial charge in [0.1, 0.15) is 0 Å². The summed E-state index contributed by atoms with van der Waals surface area (Å²) in [7, 11) is 0. The fourth-order valence-corrected chi connectivity index (χ4v) is 3.06. The zero-order valence-corrected chi connectivity index (χ0v) is 14.8. The van der Waals surface area contributed by atoms with Gasteiger partial charge in [0.05, 0.1) is 23.1 Å². The number of nitrogens with zero attached hydrogens (tertiary/aromatic N) is 1. The summed E-state index contributed by atoms with van der Waals surface area (Å²) in [5.41, 5.74) is 0.917. The van der Waals surface area contributed by atoms with E-state index in [1.807, 2.05) is 24.3 Å². The van der Waals surface area contributed by atoms with E-state index in [1.54, 1.807) is 30.3 Å². The maximum Gasteiger partial charge on any atom is 0.307 e. The summed E-state index contributed by atoms with van der Waals surface area (Å²) in [4.78, 5) is 24.3. The Morgan fingerprint density at radius 3 is 2.76 bits per heavy atom. The number of carbonyl (C=O) groups is 2. The van der Waals surface area contributed by atoms with Gasteiger partial charge in [0, 0.05) is 16.3 Å². The first kappa shape index (κ1) is 18.8. The maximum absolute atomic E-state index is 11.8. The first-order valence-electron chi connectivity index (χ1n) is 7.41. The van der Waals surface area contributed by atoms with Gasteiger partial charge in [-0.25, -0.2) is 0 Å². The standard InChI is InChI=1S/C18H15ClN2O3S/c19-15-6-1-2-7-16(15)25-9-8-18(23)24-12-17(22)21-14-5-3-4-13(10-14)11-20/h1-7,10H,8-9,12H2,(H,21,22). The van der Waals surface area contributed by atoms with Gasteiger partial charge in [-0.15, -0.1) is 11.8 Å². The van der Waals surface area contributed by atoms with Crippen LogP contribution in [-0.2, 0) is 14.3 Å². The van der Waals surface area contributed by atoms with Crippen LogP contribution in [0.1, 0.15) is 12.0 Å². The van der Waals surface area contributed by atoms with Gasteiger partial charge in [-0.1, -0.05) is 29.8 Å². The zero-order chi connectivity index (χ0) is 18.1. The van der Waals surface area contributed by atoms with Gasteiger partial charge in [0.15, 0.2) is 6.61 Å². The van der Waals surface area contributed by atoms with E-state index < -0.39 is 11.9 Å². The number of rotatable bonds is 7. The molecule has 25 heavy (non-hydrogen) atoms. The molecule has 0 radical (unpaired) electrons. The summed E-state index contributed by atoms with van der Waals surface area (Å²) in [6.45, 7) is -0.369. The van der Waals surface area contributed by atoms with Crippen LogP contribution in [0.4, 0.5) is 5.69 Å². The van der Waals surface area contributed by atoms with Crippen LogP contribution in [0.5, 0.6) is 0 Å². The number of anilines is 1. The number of ether oxygens (including phenoxy) is 1. The van der Waals surface area contributed by atoms with Gasteiger partial charge >= 0.3 is 5.97 Å². The third kappa shape index (κ3) is 6.49. The maximum atomic E-state index is 11.8. The van der Waals surface area contributed by atoms with Gasteiger partial charge < -0.3 is 10.1 Å². The van der Waals surface area contributed by atoms with Crippen molar-refractivity contribution < 1.29 is 14.3 Å². The lowest BCUT2D eigenvalue weighted by Crippen LogP contribution is -2.21. The molecular formula is C18H15ClN2O3S. The van der Waals surface area contributed by atoms with Gasteiger partial charge in [-0.2, -0.15) is 5.26 Å². The number of amides is 1. The van der Waals surface area contributed by atoms with E-state index in [2.05, 4.69) is 5.32 Å². The van der Waals surface area contributed by atoms with E-state index in [0.717, 1.165) is 4.90 Å². The number of hydrogen-bond acceptors (Lipinski definition) is 5. The summed E-state index contributed by atoms with van der Waals surface area (Å²) in [5, 5.41) is 12.0. The number of carbonyl (C=O) groups excluding carboxylic acids is 2. The lowest BCUT2D eigenvalue weighted by molar-refractivity contribution is -0.146. The number of thioether (sulfide) groups is 1. The molecule has 1 amide bonds. The molecule has 0 aliphatic carbocycles. The molecule has 0 fully saturated rings. The SMILES string of the molecule is N#Cc1cccc(NC(=O)COC(=O)CCSc2ccccc2Cl)c1. The van der Waals surface area contributed by atoms with Crippen LogP contribution in [0, 0.1) is 11.3 Å². The second kappa shape index (κ2) is 9.72. The number of benzene rings is 2. The lowest BCUT2D eigenvalue weighted by Gasteiger charge is -2.07. The topological polar surface area (TPSA) is 79.2 Å². The molecular weight excluding hydrogens is 360 g/mol. The second-order valence-corrected chi connectivity index (χ2v) is 6.47. The van der Waals surface area contributed by atoms with E-state index >= 15 is 0 Å².